The van der Waals surface area contributed by atoms with E-state index >= 15 is 0 Å². The average Bonchev–Trinajstić information content (AvgIpc) is 2.03. The molecule has 0 fully saturated rings. The Hall–Kier alpha value is -0.590. The van der Waals surface area contributed by atoms with E-state index in [1.165, 1.54) is 18.4 Å². The fourth-order valence-electron chi connectivity index (χ4n) is 1.83. The van der Waals surface area contributed by atoms with E-state index in [2.05, 4.69) is 19.9 Å². The topological polar surface area (TPSA) is 17.1 Å². The van der Waals surface area contributed by atoms with Gasteiger partial charge in [0.05, 0.1) is 0 Å². The van der Waals surface area contributed by atoms with Crippen molar-refractivity contribution < 1.29 is 4.79 Å². The molecule has 1 nitrogen and oxygen atoms in total. The third kappa shape index (κ3) is 2.18. The first kappa shape index (κ1) is 8.51. The summed E-state index contributed by atoms with van der Waals surface area (Å²) in [5, 5.41) is 0. The molecule has 0 saturated heterocycles. The molecule has 2 unspecified atom stereocenters. The minimum atomic E-state index is 0.202. The highest BCUT2D eigenvalue weighted by molar-refractivity contribution is 5.57. The molecule has 0 amide bonds. The molecule has 0 heterocycles. The maximum atomic E-state index is 10.5. The minimum absolute atomic E-state index is 0.202. The van der Waals surface area contributed by atoms with Crippen molar-refractivity contribution >= 4 is 6.29 Å². The zero-order valence-corrected chi connectivity index (χ0v) is 7.34. The van der Waals surface area contributed by atoms with Crippen LogP contribution in [0, 0.1) is 11.8 Å². The number of hydrogen-bond donors (Lipinski definition) is 0. The van der Waals surface area contributed by atoms with Crippen molar-refractivity contribution in [3.63, 3.8) is 0 Å². The van der Waals surface area contributed by atoms with Gasteiger partial charge in [-0.05, 0) is 25.7 Å². The van der Waals surface area contributed by atoms with Crippen LogP contribution in [0.3, 0.4) is 0 Å². The molecule has 0 aromatic rings. The van der Waals surface area contributed by atoms with Crippen LogP contribution in [-0.2, 0) is 4.79 Å². The molecular weight excluding hydrogens is 136 g/mol. The second-order valence-corrected chi connectivity index (χ2v) is 3.53. The smallest absolute Gasteiger partial charge is 0.126 e. The molecule has 0 spiro atoms. The van der Waals surface area contributed by atoms with E-state index < -0.39 is 0 Å². The highest BCUT2D eigenvalue weighted by Crippen LogP contribution is 2.28. The number of allylic oxidation sites excluding steroid dienone is 2. The van der Waals surface area contributed by atoms with E-state index in [-0.39, 0.29) is 5.92 Å². The molecular formula is C10H16O. The SMILES string of the molecule is CCC1CC(C)=CC(C=O)C1. The molecule has 2 atom stereocenters. The van der Waals surface area contributed by atoms with E-state index in [0.29, 0.717) is 0 Å². The van der Waals surface area contributed by atoms with Gasteiger partial charge in [0.15, 0.2) is 0 Å². The van der Waals surface area contributed by atoms with E-state index in [0.717, 1.165) is 18.6 Å². The van der Waals surface area contributed by atoms with Gasteiger partial charge >= 0.3 is 0 Å². The van der Waals surface area contributed by atoms with Gasteiger partial charge in [0.1, 0.15) is 6.29 Å². The number of aldehydes is 1. The Kier molecular flexibility index (Phi) is 2.86. The Bertz CT molecular complexity index is 170. The van der Waals surface area contributed by atoms with E-state index in [9.17, 15) is 4.79 Å². The number of rotatable bonds is 2. The van der Waals surface area contributed by atoms with Crippen molar-refractivity contribution in [2.24, 2.45) is 11.8 Å². The first-order valence-electron chi connectivity index (χ1n) is 4.38. The van der Waals surface area contributed by atoms with Crippen molar-refractivity contribution in [1.29, 1.82) is 0 Å². The first-order valence-corrected chi connectivity index (χ1v) is 4.38. The van der Waals surface area contributed by atoms with Crippen LogP contribution in [0.2, 0.25) is 0 Å². The highest BCUT2D eigenvalue weighted by Gasteiger charge is 2.18. The molecule has 1 heteroatoms. The van der Waals surface area contributed by atoms with Gasteiger partial charge in [0, 0.05) is 5.92 Å². The predicted molar refractivity (Wildman–Crippen MR) is 46.3 cm³/mol. The van der Waals surface area contributed by atoms with Crippen molar-refractivity contribution in [1.82, 2.24) is 0 Å². The summed E-state index contributed by atoms with van der Waals surface area (Å²) in [7, 11) is 0. The van der Waals surface area contributed by atoms with E-state index in [1.54, 1.807) is 0 Å². The van der Waals surface area contributed by atoms with Crippen LogP contribution in [0.4, 0.5) is 0 Å². The first-order chi connectivity index (χ1) is 5.26. The maximum absolute atomic E-state index is 10.5. The highest BCUT2D eigenvalue weighted by atomic mass is 16.1. The summed E-state index contributed by atoms with van der Waals surface area (Å²) < 4.78 is 0. The Morgan fingerprint density at radius 3 is 3.00 bits per heavy atom. The van der Waals surface area contributed by atoms with E-state index in [4.69, 9.17) is 0 Å². The lowest BCUT2D eigenvalue weighted by atomic mass is 9.82. The standard InChI is InChI=1S/C10H16O/c1-3-9-4-8(2)5-10(6-9)7-11/h5,7,9-10H,3-4,6H2,1-2H3. The third-order valence-corrected chi connectivity index (χ3v) is 2.47. The monoisotopic (exact) mass is 152 g/mol. The quantitative estimate of drug-likeness (QED) is 0.439. The normalized spacial score (nSPS) is 31.3. The van der Waals surface area contributed by atoms with Gasteiger partial charge in [-0.3, -0.25) is 0 Å². The van der Waals surface area contributed by atoms with Crippen LogP contribution < -0.4 is 0 Å². The van der Waals surface area contributed by atoms with Gasteiger partial charge in [-0.25, -0.2) is 0 Å². The zero-order valence-electron chi connectivity index (χ0n) is 7.34. The maximum Gasteiger partial charge on any atom is 0.126 e. The lowest BCUT2D eigenvalue weighted by molar-refractivity contribution is -0.110. The fraction of sp³-hybridized carbons (Fsp3) is 0.700. The number of hydrogen-bond acceptors (Lipinski definition) is 1. The molecule has 0 aliphatic heterocycles. The van der Waals surface area contributed by atoms with Crippen LogP contribution in [-0.4, -0.2) is 6.29 Å². The van der Waals surface area contributed by atoms with Crippen LogP contribution in [0.25, 0.3) is 0 Å². The summed E-state index contributed by atoms with van der Waals surface area (Å²) >= 11 is 0. The summed E-state index contributed by atoms with van der Waals surface area (Å²) in [5.74, 6) is 0.948. The third-order valence-electron chi connectivity index (χ3n) is 2.47. The van der Waals surface area contributed by atoms with Gasteiger partial charge in [0.2, 0.25) is 0 Å². The molecule has 0 saturated carbocycles. The molecule has 11 heavy (non-hydrogen) atoms. The van der Waals surface area contributed by atoms with Gasteiger partial charge in [0.25, 0.3) is 0 Å². The summed E-state index contributed by atoms with van der Waals surface area (Å²) in [5.41, 5.74) is 1.39. The predicted octanol–water partition coefficient (Wildman–Crippen LogP) is 2.57. The largest absolute Gasteiger partial charge is 0.303 e. The molecule has 1 aliphatic carbocycles. The summed E-state index contributed by atoms with van der Waals surface area (Å²) in [4.78, 5) is 10.5. The van der Waals surface area contributed by atoms with Crippen molar-refractivity contribution in [3.05, 3.63) is 11.6 Å². The summed E-state index contributed by atoms with van der Waals surface area (Å²) in [6.45, 7) is 4.32. The molecule has 0 aromatic heterocycles. The Morgan fingerprint density at radius 2 is 2.45 bits per heavy atom. The lowest BCUT2D eigenvalue weighted by Crippen LogP contribution is -2.13. The number of carbonyl (C=O) groups is 1. The zero-order chi connectivity index (χ0) is 8.27. The van der Waals surface area contributed by atoms with Crippen LogP contribution >= 0.6 is 0 Å². The molecule has 0 N–H and O–H groups in total. The summed E-state index contributed by atoms with van der Waals surface area (Å²) in [6, 6.07) is 0. The molecule has 0 aromatic carbocycles. The molecule has 62 valence electrons. The molecule has 0 bridgehead atoms. The van der Waals surface area contributed by atoms with Crippen LogP contribution in [0.1, 0.15) is 33.1 Å². The Balaban J connectivity index is 2.60. The van der Waals surface area contributed by atoms with E-state index in [1.807, 2.05) is 0 Å². The minimum Gasteiger partial charge on any atom is -0.303 e. The van der Waals surface area contributed by atoms with Gasteiger partial charge < -0.3 is 4.79 Å². The fourth-order valence-corrected chi connectivity index (χ4v) is 1.83. The van der Waals surface area contributed by atoms with Crippen molar-refractivity contribution in [2.45, 2.75) is 33.1 Å². The van der Waals surface area contributed by atoms with Gasteiger partial charge in [-0.1, -0.05) is 25.0 Å². The average molecular weight is 152 g/mol. The summed E-state index contributed by atoms with van der Waals surface area (Å²) in [6.07, 6.45) is 6.65. The Morgan fingerprint density at radius 1 is 1.73 bits per heavy atom. The lowest BCUT2D eigenvalue weighted by Gasteiger charge is -2.23. The number of carbonyl (C=O) groups excluding carboxylic acids is 1. The van der Waals surface area contributed by atoms with Crippen molar-refractivity contribution in [2.75, 3.05) is 0 Å². The molecule has 1 rings (SSSR count). The second-order valence-electron chi connectivity index (χ2n) is 3.53. The van der Waals surface area contributed by atoms with Gasteiger partial charge in [-0.2, -0.15) is 0 Å². The second kappa shape index (κ2) is 3.70. The molecule has 1 aliphatic rings. The van der Waals surface area contributed by atoms with Gasteiger partial charge in [-0.15, -0.1) is 0 Å². The molecule has 0 radical (unpaired) electrons. The van der Waals surface area contributed by atoms with Crippen LogP contribution in [0.5, 0.6) is 0 Å². The Labute approximate surface area is 68.5 Å². The van der Waals surface area contributed by atoms with Crippen LogP contribution in [0.15, 0.2) is 11.6 Å². The van der Waals surface area contributed by atoms with Crippen molar-refractivity contribution in [3.8, 4) is 0 Å².